The molecular weight excluding hydrogens is 280 g/mol. The molecule has 126 valence electrons. The van der Waals surface area contributed by atoms with Gasteiger partial charge in [-0.15, -0.1) is 0 Å². The first-order valence-electron chi connectivity index (χ1n) is 8.10. The van der Waals surface area contributed by atoms with E-state index >= 15 is 0 Å². The summed E-state index contributed by atoms with van der Waals surface area (Å²) in [5.74, 6) is 0. The van der Waals surface area contributed by atoms with Gasteiger partial charge in [0.1, 0.15) is 13.2 Å². The normalized spacial score (nSPS) is 25.2. The van der Waals surface area contributed by atoms with Crippen LogP contribution in [0.1, 0.15) is 54.4 Å². The lowest BCUT2D eigenvalue weighted by atomic mass is 9.96. The van der Waals surface area contributed by atoms with E-state index < -0.39 is 0 Å². The monoisotopic (exact) mass is 310 g/mol. The number of nitrogens with zero attached hydrogens (tertiary/aromatic N) is 2. The topological polar surface area (TPSA) is 67.2 Å². The predicted molar refractivity (Wildman–Crippen MR) is 89.4 cm³/mol. The molecule has 0 spiro atoms. The molecule has 6 heteroatoms. The number of amidine groups is 2. The highest BCUT2D eigenvalue weighted by Crippen LogP contribution is 2.19. The Morgan fingerprint density at radius 3 is 2.23 bits per heavy atom. The standard InChI is InChI=1S/C16H30N4O2/c1-11-9-21-13(17-11)20-16(5,6)8-7-12-10-22-14(18-12)19-15(2,3)4/h11-12H,7-10H2,1-6H3,(H,17,20)(H,18,19)/t11-,12+/m1/s1. The first kappa shape index (κ1) is 16.9. The number of aliphatic imine (C=N–C) groups is 2. The highest BCUT2D eigenvalue weighted by molar-refractivity contribution is 5.76. The molecule has 2 aliphatic rings. The first-order valence-corrected chi connectivity index (χ1v) is 8.10. The third-order valence-electron chi connectivity index (χ3n) is 3.54. The number of ether oxygens (including phenoxy) is 2. The summed E-state index contributed by atoms with van der Waals surface area (Å²) in [6.45, 7) is 14.0. The lowest BCUT2D eigenvalue weighted by Crippen LogP contribution is -2.44. The molecule has 2 heterocycles. The van der Waals surface area contributed by atoms with Crippen LogP contribution in [0.4, 0.5) is 0 Å². The van der Waals surface area contributed by atoms with E-state index in [0.29, 0.717) is 25.3 Å². The zero-order valence-corrected chi connectivity index (χ0v) is 14.7. The molecule has 0 aliphatic carbocycles. The molecule has 2 aliphatic heterocycles. The Morgan fingerprint density at radius 1 is 1.00 bits per heavy atom. The van der Waals surface area contributed by atoms with Crippen LogP contribution in [-0.4, -0.2) is 48.4 Å². The lowest BCUT2D eigenvalue weighted by molar-refractivity contribution is 0.268. The van der Waals surface area contributed by atoms with E-state index in [0.717, 1.165) is 12.8 Å². The molecule has 0 aromatic rings. The second kappa shape index (κ2) is 6.34. The van der Waals surface area contributed by atoms with Gasteiger partial charge in [0.2, 0.25) is 0 Å². The van der Waals surface area contributed by atoms with Gasteiger partial charge in [0, 0.05) is 11.1 Å². The predicted octanol–water partition coefficient (Wildman–Crippen LogP) is 2.05. The van der Waals surface area contributed by atoms with Crippen LogP contribution < -0.4 is 10.6 Å². The molecule has 0 aromatic carbocycles. The molecule has 0 unspecified atom stereocenters. The van der Waals surface area contributed by atoms with E-state index in [1.165, 1.54) is 0 Å². The minimum Gasteiger partial charge on any atom is -0.463 e. The average molecular weight is 310 g/mol. The largest absolute Gasteiger partial charge is 0.463 e. The molecular formula is C16H30N4O2. The van der Waals surface area contributed by atoms with Crippen molar-refractivity contribution < 1.29 is 9.47 Å². The summed E-state index contributed by atoms with van der Waals surface area (Å²) < 4.78 is 11.1. The molecule has 0 fully saturated rings. The minimum atomic E-state index is -0.0708. The second-order valence-corrected chi connectivity index (χ2v) is 7.92. The Labute approximate surface area is 133 Å². The maximum atomic E-state index is 5.62. The van der Waals surface area contributed by atoms with Crippen LogP contribution >= 0.6 is 0 Å². The summed E-state index contributed by atoms with van der Waals surface area (Å²) >= 11 is 0. The fraction of sp³-hybridized carbons (Fsp3) is 0.875. The van der Waals surface area contributed by atoms with Gasteiger partial charge < -0.3 is 20.1 Å². The molecule has 6 nitrogen and oxygen atoms in total. The van der Waals surface area contributed by atoms with Crippen molar-refractivity contribution in [2.75, 3.05) is 13.2 Å². The summed E-state index contributed by atoms with van der Waals surface area (Å²) in [7, 11) is 0. The van der Waals surface area contributed by atoms with Crippen molar-refractivity contribution in [3.8, 4) is 0 Å². The molecule has 0 radical (unpaired) electrons. The maximum absolute atomic E-state index is 5.62. The van der Waals surface area contributed by atoms with Crippen molar-refractivity contribution in [2.45, 2.75) is 77.5 Å². The Balaban J connectivity index is 1.79. The molecule has 0 aromatic heterocycles. The fourth-order valence-corrected chi connectivity index (χ4v) is 2.37. The van der Waals surface area contributed by atoms with Crippen LogP contribution in [0.15, 0.2) is 9.98 Å². The van der Waals surface area contributed by atoms with Crippen molar-refractivity contribution in [1.29, 1.82) is 0 Å². The van der Waals surface area contributed by atoms with Crippen molar-refractivity contribution in [1.82, 2.24) is 10.6 Å². The summed E-state index contributed by atoms with van der Waals surface area (Å²) in [4.78, 5) is 9.04. The zero-order valence-electron chi connectivity index (χ0n) is 14.7. The van der Waals surface area contributed by atoms with Gasteiger partial charge in [0.25, 0.3) is 12.0 Å². The van der Waals surface area contributed by atoms with E-state index in [1.807, 2.05) is 0 Å². The first-order chi connectivity index (χ1) is 10.1. The second-order valence-electron chi connectivity index (χ2n) is 7.92. The van der Waals surface area contributed by atoms with Crippen molar-refractivity contribution in [2.24, 2.45) is 9.98 Å². The molecule has 0 amide bonds. The van der Waals surface area contributed by atoms with Gasteiger partial charge in [-0.2, -0.15) is 0 Å². The Bertz CT molecular complexity index is 452. The van der Waals surface area contributed by atoms with Crippen LogP contribution in [0.5, 0.6) is 0 Å². The number of nitrogens with one attached hydrogen (secondary N) is 2. The quantitative estimate of drug-likeness (QED) is 0.834. The minimum absolute atomic E-state index is 0.0246. The third kappa shape index (κ3) is 5.39. The molecule has 2 atom stereocenters. The van der Waals surface area contributed by atoms with Gasteiger partial charge in [-0.1, -0.05) is 0 Å². The van der Waals surface area contributed by atoms with Crippen molar-refractivity contribution >= 4 is 12.0 Å². The highest BCUT2D eigenvalue weighted by atomic mass is 16.5. The van der Waals surface area contributed by atoms with Crippen LogP contribution in [0.3, 0.4) is 0 Å². The lowest BCUT2D eigenvalue weighted by Gasteiger charge is -2.27. The van der Waals surface area contributed by atoms with E-state index in [9.17, 15) is 0 Å². The van der Waals surface area contributed by atoms with Crippen molar-refractivity contribution in [3.63, 3.8) is 0 Å². The highest BCUT2D eigenvalue weighted by Gasteiger charge is 2.27. The van der Waals surface area contributed by atoms with Gasteiger partial charge in [-0.25, -0.2) is 9.98 Å². The number of rotatable bonds is 4. The van der Waals surface area contributed by atoms with Crippen molar-refractivity contribution in [3.05, 3.63) is 0 Å². The summed E-state index contributed by atoms with van der Waals surface area (Å²) in [6, 6.07) is 1.80. The Hall–Kier alpha value is -1.46. The molecule has 2 N–H and O–H groups in total. The molecule has 0 bridgehead atoms. The summed E-state index contributed by atoms with van der Waals surface area (Å²) in [5.41, 5.74) is -0.0954. The number of hydrogen-bond donors (Lipinski definition) is 2. The van der Waals surface area contributed by atoms with E-state index in [2.05, 4.69) is 62.2 Å². The zero-order chi connectivity index (χ0) is 16.4. The third-order valence-corrected chi connectivity index (χ3v) is 3.54. The van der Waals surface area contributed by atoms with E-state index in [1.54, 1.807) is 0 Å². The molecule has 22 heavy (non-hydrogen) atoms. The maximum Gasteiger partial charge on any atom is 0.285 e. The van der Waals surface area contributed by atoms with Gasteiger partial charge in [0.05, 0.1) is 12.1 Å². The van der Waals surface area contributed by atoms with Gasteiger partial charge in [-0.05, 0) is 54.4 Å². The van der Waals surface area contributed by atoms with Gasteiger partial charge >= 0.3 is 0 Å². The Kier molecular flexibility index (Phi) is 4.87. The molecule has 2 rings (SSSR count). The average Bonchev–Trinajstić information content (AvgIpc) is 2.94. The van der Waals surface area contributed by atoms with E-state index in [-0.39, 0.29) is 23.2 Å². The number of hydrogen-bond acceptors (Lipinski definition) is 6. The fourth-order valence-electron chi connectivity index (χ4n) is 2.37. The molecule has 0 saturated heterocycles. The Morgan fingerprint density at radius 2 is 1.64 bits per heavy atom. The summed E-state index contributed by atoms with van der Waals surface area (Å²) in [5, 5.41) is 6.66. The SMILES string of the molecule is C[C@@H]1COC(NC(C)(C)CC[C@H]2COC(NC(C)(C)C)=N2)=N1. The van der Waals surface area contributed by atoms with Crippen LogP contribution in [-0.2, 0) is 9.47 Å². The smallest absolute Gasteiger partial charge is 0.285 e. The van der Waals surface area contributed by atoms with Gasteiger partial charge in [-0.3, -0.25) is 0 Å². The van der Waals surface area contributed by atoms with Crippen LogP contribution in [0.25, 0.3) is 0 Å². The van der Waals surface area contributed by atoms with Crippen LogP contribution in [0.2, 0.25) is 0 Å². The van der Waals surface area contributed by atoms with Crippen LogP contribution in [0, 0.1) is 0 Å². The summed E-state index contributed by atoms with van der Waals surface area (Å²) in [6.07, 6.45) is 1.95. The molecule has 0 saturated carbocycles. The van der Waals surface area contributed by atoms with E-state index in [4.69, 9.17) is 9.47 Å². The van der Waals surface area contributed by atoms with Gasteiger partial charge in [0.15, 0.2) is 0 Å².